The molecule has 2 aromatic rings. The first-order valence-corrected chi connectivity index (χ1v) is 8.39. The molecule has 1 unspecified atom stereocenters. The van der Waals surface area contributed by atoms with Crippen LogP contribution >= 0.6 is 0 Å². The van der Waals surface area contributed by atoms with Gasteiger partial charge in [0.05, 0.1) is 18.3 Å². The van der Waals surface area contributed by atoms with Crippen LogP contribution in [0.15, 0.2) is 24.3 Å². The molecule has 2 aliphatic rings. The normalized spacial score (nSPS) is 20.0. The number of fused-ring (bicyclic) bond motifs is 1. The van der Waals surface area contributed by atoms with Crippen LogP contribution in [0, 0.1) is 5.82 Å². The topological polar surface area (TPSA) is 56.2 Å². The van der Waals surface area contributed by atoms with Crippen molar-refractivity contribution in [2.75, 3.05) is 6.61 Å². The van der Waals surface area contributed by atoms with Crippen LogP contribution in [0.3, 0.4) is 0 Å². The number of aryl methyl sites for hydroxylation is 1. The van der Waals surface area contributed by atoms with Gasteiger partial charge in [-0.3, -0.25) is 9.48 Å². The lowest BCUT2D eigenvalue weighted by Crippen LogP contribution is -2.30. The number of rotatable bonds is 3. The molecule has 0 bridgehead atoms. The minimum absolute atomic E-state index is 0.154. The average molecular weight is 329 g/mol. The number of carbonyl (C=O) groups excluding carboxylic acids is 1. The van der Waals surface area contributed by atoms with Gasteiger partial charge < -0.3 is 10.1 Å². The van der Waals surface area contributed by atoms with Gasteiger partial charge in [-0.2, -0.15) is 5.10 Å². The second-order valence-corrected chi connectivity index (χ2v) is 6.55. The first kappa shape index (κ1) is 15.2. The molecule has 6 heteroatoms. The van der Waals surface area contributed by atoms with Crippen molar-refractivity contribution in [1.29, 1.82) is 0 Å². The van der Waals surface area contributed by atoms with Crippen molar-refractivity contribution in [3.8, 4) is 5.75 Å². The van der Waals surface area contributed by atoms with E-state index in [0.29, 0.717) is 24.0 Å². The summed E-state index contributed by atoms with van der Waals surface area (Å²) in [5, 5.41) is 7.50. The Hall–Kier alpha value is -2.37. The molecule has 0 saturated heterocycles. The third kappa shape index (κ3) is 2.88. The molecule has 5 nitrogen and oxygen atoms in total. The summed E-state index contributed by atoms with van der Waals surface area (Å²) in [5.41, 5.74) is 2.38. The summed E-state index contributed by atoms with van der Waals surface area (Å²) in [7, 11) is 1.79. The predicted molar refractivity (Wildman–Crippen MR) is 86.5 cm³/mol. The van der Waals surface area contributed by atoms with Gasteiger partial charge in [-0.25, -0.2) is 4.39 Å². The van der Waals surface area contributed by atoms with Crippen LogP contribution in [0.1, 0.15) is 59.4 Å². The zero-order chi connectivity index (χ0) is 16.7. The molecule has 2 heterocycles. The van der Waals surface area contributed by atoms with E-state index in [0.717, 1.165) is 36.9 Å². The van der Waals surface area contributed by atoms with Crippen molar-refractivity contribution in [2.45, 2.75) is 37.6 Å². The first-order chi connectivity index (χ1) is 11.6. The molecule has 126 valence electrons. The van der Waals surface area contributed by atoms with Crippen LogP contribution in [0.5, 0.6) is 5.75 Å². The van der Waals surface area contributed by atoms with Crippen molar-refractivity contribution < 1.29 is 13.9 Å². The van der Waals surface area contributed by atoms with E-state index in [1.807, 2.05) is 6.07 Å². The molecule has 24 heavy (non-hydrogen) atoms. The molecule has 1 aromatic heterocycles. The van der Waals surface area contributed by atoms with Crippen LogP contribution in [-0.4, -0.2) is 22.3 Å². The summed E-state index contributed by atoms with van der Waals surface area (Å²) in [6.45, 7) is 0.528. The molecule has 1 N–H and O–H groups in total. The zero-order valence-corrected chi connectivity index (χ0v) is 13.6. The Balaban J connectivity index is 1.57. The summed E-state index contributed by atoms with van der Waals surface area (Å²) in [6.07, 6.45) is 3.87. The van der Waals surface area contributed by atoms with E-state index in [2.05, 4.69) is 10.4 Å². The van der Waals surface area contributed by atoms with Gasteiger partial charge >= 0.3 is 0 Å². The van der Waals surface area contributed by atoms with Crippen molar-refractivity contribution in [3.63, 3.8) is 0 Å². The summed E-state index contributed by atoms with van der Waals surface area (Å²) in [5.74, 6) is 0.537. The molecule has 1 saturated carbocycles. The number of amides is 1. The highest BCUT2D eigenvalue weighted by Crippen LogP contribution is 2.39. The third-order valence-corrected chi connectivity index (χ3v) is 4.68. The van der Waals surface area contributed by atoms with Gasteiger partial charge in [-0.15, -0.1) is 0 Å². The minimum atomic E-state index is -0.332. The summed E-state index contributed by atoms with van der Waals surface area (Å²) < 4.78 is 20.7. The van der Waals surface area contributed by atoms with Crippen LogP contribution < -0.4 is 10.1 Å². The van der Waals surface area contributed by atoms with Crippen molar-refractivity contribution in [1.82, 2.24) is 15.1 Å². The van der Waals surface area contributed by atoms with Gasteiger partial charge in [-0.05, 0) is 37.8 Å². The van der Waals surface area contributed by atoms with E-state index in [1.54, 1.807) is 17.8 Å². The van der Waals surface area contributed by atoms with Crippen LogP contribution in [0.4, 0.5) is 4.39 Å². The number of halogens is 1. The van der Waals surface area contributed by atoms with Crippen molar-refractivity contribution in [2.24, 2.45) is 7.05 Å². The Morgan fingerprint density at radius 2 is 2.17 bits per heavy atom. The Morgan fingerprint density at radius 1 is 1.33 bits per heavy atom. The molecule has 1 aliphatic carbocycles. The van der Waals surface area contributed by atoms with E-state index >= 15 is 0 Å². The van der Waals surface area contributed by atoms with E-state index in [4.69, 9.17) is 4.74 Å². The average Bonchev–Trinajstić information content (AvgIpc) is 3.35. The molecule has 4 rings (SSSR count). The van der Waals surface area contributed by atoms with Gasteiger partial charge in [0.2, 0.25) is 0 Å². The predicted octanol–water partition coefficient (Wildman–Crippen LogP) is 3.08. The molecule has 1 fully saturated rings. The fraction of sp³-hybridized carbons (Fsp3) is 0.444. The quantitative estimate of drug-likeness (QED) is 0.941. The number of benzene rings is 1. The molecule has 0 radical (unpaired) electrons. The van der Waals surface area contributed by atoms with Crippen molar-refractivity contribution in [3.05, 3.63) is 47.0 Å². The van der Waals surface area contributed by atoms with Gasteiger partial charge in [-0.1, -0.05) is 6.07 Å². The molecule has 1 amide bonds. The maximum absolute atomic E-state index is 13.4. The highest BCUT2D eigenvalue weighted by Gasteiger charge is 2.29. The fourth-order valence-corrected chi connectivity index (χ4v) is 3.21. The largest absolute Gasteiger partial charge is 0.493 e. The molecule has 1 aromatic carbocycles. The van der Waals surface area contributed by atoms with E-state index < -0.39 is 0 Å². The SMILES string of the molecule is Cn1nc(C2CC2)cc1C(=O)NC1CCCOc2cc(F)ccc21. The Bertz CT molecular complexity index is 783. The van der Waals surface area contributed by atoms with E-state index in [9.17, 15) is 9.18 Å². The molecule has 0 spiro atoms. The highest BCUT2D eigenvalue weighted by molar-refractivity contribution is 5.93. The number of ether oxygens (including phenoxy) is 1. The number of aromatic nitrogens is 2. The monoisotopic (exact) mass is 329 g/mol. The Labute approximate surface area is 139 Å². The Kier molecular flexibility index (Phi) is 3.75. The molecule has 1 atom stereocenters. The maximum atomic E-state index is 13.4. The number of carbonyl (C=O) groups is 1. The van der Waals surface area contributed by atoms with Gasteiger partial charge in [0.15, 0.2) is 0 Å². The third-order valence-electron chi connectivity index (χ3n) is 4.68. The number of hydrogen-bond donors (Lipinski definition) is 1. The van der Waals surface area contributed by atoms with Crippen LogP contribution in [0.2, 0.25) is 0 Å². The lowest BCUT2D eigenvalue weighted by molar-refractivity contribution is 0.0925. The van der Waals surface area contributed by atoms with E-state index in [1.165, 1.54) is 12.1 Å². The van der Waals surface area contributed by atoms with Crippen LogP contribution in [0.25, 0.3) is 0 Å². The van der Waals surface area contributed by atoms with E-state index in [-0.39, 0.29) is 17.8 Å². The lowest BCUT2D eigenvalue weighted by Gasteiger charge is -2.18. The van der Waals surface area contributed by atoms with Crippen molar-refractivity contribution >= 4 is 5.91 Å². The summed E-state index contributed by atoms with van der Waals surface area (Å²) in [4.78, 5) is 12.7. The number of hydrogen-bond acceptors (Lipinski definition) is 3. The van der Waals surface area contributed by atoms with Gasteiger partial charge in [0.25, 0.3) is 5.91 Å². The summed E-state index contributed by atoms with van der Waals surface area (Å²) >= 11 is 0. The molecular weight excluding hydrogens is 309 g/mol. The van der Waals surface area contributed by atoms with Gasteiger partial charge in [0, 0.05) is 24.6 Å². The smallest absolute Gasteiger partial charge is 0.270 e. The first-order valence-electron chi connectivity index (χ1n) is 8.39. The highest BCUT2D eigenvalue weighted by atomic mass is 19.1. The number of nitrogens with one attached hydrogen (secondary N) is 1. The maximum Gasteiger partial charge on any atom is 0.270 e. The molecular formula is C18H20FN3O2. The standard InChI is InChI=1S/C18H20FN3O2/c1-22-16(10-15(21-22)11-4-5-11)18(23)20-14-3-2-8-24-17-9-12(19)6-7-13(14)17/h6-7,9-11,14H,2-5,8H2,1H3,(H,20,23). The summed E-state index contributed by atoms with van der Waals surface area (Å²) in [6, 6.07) is 6.18. The second-order valence-electron chi connectivity index (χ2n) is 6.55. The van der Waals surface area contributed by atoms with Gasteiger partial charge in [0.1, 0.15) is 17.3 Å². The fourth-order valence-electron chi connectivity index (χ4n) is 3.21. The lowest BCUT2D eigenvalue weighted by atomic mass is 10.0. The number of nitrogens with zero attached hydrogens (tertiary/aromatic N) is 2. The Morgan fingerprint density at radius 3 is 2.96 bits per heavy atom. The zero-order valence-electron chi connectivity index (χ0n) is 13.6. The minimum Gasteiger partial charge on any atom is -0.493 e. The second kappa shape index (κ2) is 5.92. The molecule has 1 aliphatic heterocycles. The van der Waals surface area contributed by atoms with Crippen LogP contribution in [-0.2, 0) is 7.05 Å².